The smallest absolute Gasteiger partial charge is 0.344 e. The van der Waals surface area contributed by atoms with Crippen molar-refractivity contribution < 1.29 is 14.6 Å². The summed E-state index contributed by atoms with van der Waals surface area (Å²) in [5.74, 6) is -1.08. The maximum atomic E-state index is 11.5. The molecule has 2 rings (SSSR count). The number of H-pyrrole nitrogens is 1. The van der Waals surface area contributed by atoms with Crippen LogP contribution in [0.4, 0.5) is 0 Å². The van der Waals surface area contributed by atoms with Crippen molar-refractivity contribution in [1.29, 1.82) is 0 Å². The van der Waals surface area contributed by atoms with E-state index in [1.54, 1.807) is 0 Å². The molecule has 0 spiro atoms. The van der Waals surface area contributed by atoms with Crippen molar-refractivity contribution in [2.75, 3.05) is 7.11 Å². The van der Waals surface area contributed by atoms with E-state index in [2.05, 4.69) is 20.6 Å². The van der Waals surface area contributed by atoms with Gasteiger partial charge in [-0.2, -0.15) is 0 Å². The summed E-state index contributed by atoms with van der Waals surface area (Å²) in [6.07, 6.45) is 0.135. The van der Waals surface area contributed by atoms with Crippen LogP contribution in [-0.4, -0.2) is 38.8 Å². The number of aromatic amines is 1. The van der Waals surface area contributed by atoms with Crippen LogP contribution in [0.3, 0.4) is 0 Å². The van der Waals surface area contributed by atoms with Crippen molar-refractivity contribution in [3.8, 4) is 0 Å². The van der Waals surface area contributed by atoms with Gasteiger partial charge in [-0.25, -0.2) is 9.89 Å². The largest absolute Gasteiger partial charge is 0.479 e. The normalized spacial score (nSPS) is 14.1. The number of nitrogens with one attached hydrogen (secondary N) is 1. The van der Waals surface area contributed by atoms with Gasteiger partial charge in [0.15, 0.2) is 5.82 Å². The molecule has 0 amide bonds. The second-order valence-corrected chi connectivity index (χ2v) is 3.75. The molecule has 1 aromatic heterocycles. The lowest BCUT2D eigenvalue weighted by Crippen LogP contribution is -2.41. The monoisotopic (exact) mass is 248 g/mol. The van der Waals surface area contributed by atoms with E-state index < -0.39 is 11.6 Å². The van der Waals surface area contributed by atoms with E-state index in [9.17, 15) is 9.90 Å². The first-order valence-corrected chi connectivity index (χ1v) is 5.26. The molecule has 0 fully saturated rings. The van der Waals surface area contributed by atoms with Gasteiger partial charge in [-0.1, -0.05) is 30.3 Å². The number of carboxylic acid groups (broad SMARTS) is 1. The van der Waals surface area contributed by atoms with Gasteiger partial charge >= 0.3 is 5.97 Å². The Morgan fingerprint density at radius 2 is 2.17 bits per heavy atom. The number of aliphatic carboxylic acids is 1. The topological polar surface area (TPSA) is 101 Å². The van der Waals surface area contributed by atoms with E-state index in [4.69, 9.17) is 4.74 Å². The van der Waals surface area contributed by atoms with Crippen molar-refractivity contribution in [3.63, 3.8) is 0 Å². The fourth-order valence-electron chi connectivity index (χ4n) is 1.73. The van der Waals surface area contributed by atoms with Crippen LogP contribution < -0.4 is 0 Å². The Kier molecular flexibility index (Phi) is 3.33. The molecule has 7 nitrogen and oxygen atoms in total. The van der Waals surface area contributed by atoms with Crippen molar-refractivity contribution in [3.05, 3.63) is 41.7 Å². The second kappa shape index (κ2) is 4.92. The highest BCUT2D eigenvalue weighted by Gasteiger charge is 2.44. The summed E-state index contributed by atoms with van der Waals surface area (Å²) in [5.41, 5.74) is -0.789. The summed E-state index contributed by atoms with van der Waals surface area (Å²) in [7, 11) is 1.32. The van der Waals surface area contributed by atoms with E-state index in [1.807, 2.05) is 30.3 Å². The highest BCUT2D eigenvalue weighted by molar-refractivity contribution is 5.78. The SMILES string of the molecule is COC(Cc1ccccc1)(C(=O)O)c1nnn[nH]1. The Bertz CT molecular complexity index is 514. The second-order valence-electron chi connectivity index (χ2n) is 3.75. The average molecular weight is 248 g/mol. The van der Waals surface area contributed by atoms with Crippen LogP contribution in [0.2, 0.25) is 0 Å². The maximum absolute atomic E-state index is 11.5. The molecular formula is C11H12N4O3. The molecule has 1 heterocycles. The standard InChI is InChI=1S/C11H12N4O3/c1-18-11(10(16)17,9-12-14-15-13-9)7-8-5-3-2-4-6-8/h2-6H,7H2,1H3,(H,16,17)(H,12,13,14,15). The lowest BCUT2D eigenvalue weighted by Gasteiger charge is -2.24. The predicted molar refractivity (Wildman–Crippen MR) is 60.6 cm³/mol. The number of methoxy groups -OCH3 is 1. The highest BCUT2D eigenvalue weighted by Crippen LogP contribution is 2.26. The minimum Gasteiger partial charge on any atom is -0.479 e. The summed E-state index contributed by atoms with van der Waals surface area (Å²) in [6.45, 7) is 0. The first kappa shape index (κ1) is 12.2. The molecule has 2 N–H and O–H groups in total. The lowest BCUT2D eigenvalue weighted by molar-refractivity contribution is -0.164. The predicted octanol–water partition coefficient (Wildman–Crippen LogP) is 0.369. The molecule has 94 valence electrons. The molecule has 1 unspecified atom stereocenters. The molecule has 0 bridgehead atoms. The maximum Gasteiger partial charge on any atom is 0.344 e. The van der Waals surface area contributed by atoms with Gasteiger partial charge in [0.25, 0.3) is 0 Å². The van der Waals surface area contributed by atoms with E-state index in [-0.39, 0.29) is 12.2 Å². The Hall–Kier alpha value is -2.28. The van der Waals surface area contributed by atoms with E-state index in [1.165, 1.54) is 7.11 Å². The average Bonchev–Trinajstić information content (AvgIpc) is 2.91. The molecule has 0 aliphatic heterocycles. The molecule has 7 heteroatoms. The van der Waals surface area contributed by atoms with E-state index in [0.29, 0.717) is 0 Å². The van der Waals surface area contributed by atoms with E-state index >= 15 is 0 Å². The third-order valence-corrected chi connectivity index (χ3v) is 2.72. The van der Waals surface area contributed by atoms with Crippen LogP contribution in [-0.2, 0) is 21.6 Å². The zero-order chi connectivity index (χ0) is 13.0. The van der Waals surface area contributed by atoms with Crippen molar-refractivity contribution in [2.45, 2.75) is 12.0 Å². The number of benzene rings is 1. The Labute approximate surface area is 103 Å². The van der Waals surface area contributed by atoms with Crippen molar-refractivity contribution >= 4 is 5.97 Å². The molecule has 0 radical (unpaired) electrons. The first-order chi connectivity index (χ1) is 8.69. The number of ether oxygens (including phenoxy) is 1. The number of hydrogen-bond donors (Lipinski definition) is 2. The van der Waals surface area contributed by atoms with Crippen LogP contribution in [0.1, 0.15) is 11.4 Å². The van der Waals surface area contributed by atoms with Gasteiger partial charge in [-0.3, -0.25) is 0 Å². The number of carbonyl (C=O) groups is 1. The quantitative estimate of drug-likeness (QED) is 0.792. The molecule has 1 atom stereocenters. The Morgan fingerprint density at radius 1 is 1.44 bits per heavy atom. The van der Waals surface area contributed by atoms with Gasteiger partial charge < -0.3 is 9.84 Å². The number of carboxylic acids is 1. The lowest BCUT2D eigenvalue weighted by atomic mass is 9.93. The van der Waals surface area contributed by atoms with Crippen LogP contribution in [0.15, 0.2) is 30.3 Å². The molecular weight excluding hydrogens is 236 g/mol. The summed E-state index contributed by atoms with van der Waals surface area (Å²) in [5, 5.41) is 22.3. The zero-order valence-electron chi connectivity index (χ0n) is 9.70. The number of nitrogens with zero attached hydrogens (tertiary/aromatic N) is 3. The summed E-state index contributed by atoms with van der Waals surface area (Å²) in [4.78, 5) is 11.5. The minimum atomic E-state index is -1.61. The minimum absolute atomic E-state index is 0.0707. The van der Waals surface area contributed by atoms with E-state index in [0.717, 1.165) is 5.56 Å². The number of hydrogen-bond acceptors (Lipinski definition) is 5. The molecule has 0 aliphatic carbocycles. The summed E-state index contributed by atoms with van der Waals surface area (Å²) >= 11 is 0. The fraction of sp³-hybridized carbons (Fsp3) is 0.273. The third kappa shape index (κ3) is 2.07. The van der Waals surface area contributed by atoms with Gasteiger partial charge in [0.05, 0.1) is 0 Å². The van der Waals surface area contributed by atoms with Crippen LogP contribution in [0.5, 0.6) is 0 Å². The zero-order valence-corrected chi connectivity index (χ0v) is 9.70. The number of tetrazole rings is 1. The van der Waals surface area contributed by atoms with Crippen LogP contribution in [0.25, 0.3) is 0 Å². The van der Waals surface area contributed by atoms with Crippen LogP contribution >= 0.6 is 0 Å². The molecule has 0 saturated heterocycles. The van der Waals surface area contributed by atoms with Crippen molar-refractivity contribution in [1.82, 2.24) is 20.6 Å². The summed E-state index contributed by atoms with van der Waals surface area (Å²) < 4.78 is 5.17. The Morgan fingerprint density at radius 3 is 2.67 bits per heavy atom. The molecule has 0 saturated carbocycles. The van der Waals surface area contributed by atoms with Gasteiger partial charge in [0.2, 0.25) is 5.60 Å². The summed E-state index contributed by atoms with van der Waals surface area (Å²) in [6, 6.07) is 9.16. The molecule has 2 aromatic rings. The number of rotatable bonds is 5. The molecule has 0 aliphatic rings. The Balaban J connectivity index is 2.40. The van der Waals surface area contributed by atoms with Crippen LogP contribution in [0, 0.1) is 0 Å². The molecule has 18 heavy (non-hydrogen) atoms. The highest BCUT2D eigenvalue weighted by atomic mass is 16.5. The van der Waals surface area contributed by atoms with Crippen molar-refractivity contribution in [2.24, 2.45) is 0 Å². The first-order valence-electron chi connectivity index (χ1n) is 5.26. The van der Waals surface area contributed by atoms with Gasteiger partial charge in [-0.15, -0.1) is 5.10 Å². The van der Waals surface area contributed by atoms with Gasteiger partial charge in [0, 0.05) is 13.5 Å². The van der Waals surface area contributed by atoms with Gasteiger partial charge in [-0.05, 0) is 16.0 Å². The fourth-order valence-corrected chi connectivity index (χ4v) is 1.73. The molecule has 1 aromatic carbocycles. The van der Waals surface area contributed by atoms with Gasteiger partial charge in [0.1, 0.15) is 0 Å². The third-order valence-electron chi connectivity index (χ3n) is 2.72. The number of aromatic nitrogens is 4.